The van der Waals surface area contributed by atoms with Crippen molar-refractivity contribution in [1.82, 2.24) is 10.6 Å². The van der Waals surface area contributed by atoms with E-state index < -0.39 is 9.84 Å². The maximum atomic E-state index is 11.6. The van der Waals surface area contributed by atoms with Gasteiger partial charge in [-0.1, -0.05) is 32.0 Å². The molecular formula is C19H31N3O3S. The van der Waals surface area contributed by atoms with Crippen molar-refractivity contribution in [2.45, 2.75) is 46.2 Å². The van der Waals surface area contributed by atoms with E-state index in [2.05, 4.69) is 29.5 Å². The molecule has 1 aliphatic heterocycles. The van der Waals surface area contributed by atoms with Crippen molar-refractivity contribution in [3.8, 4) is 5.75 Å². The van der Waals surface area contributed by atoms with Gasteiger partial charge in [0.15, 0.2) is 15.8 Å². The molecule has 1 fully saturated rings. The molecule has 146 valence electrons. The largest absolute Gasteiger partial charge is 0.493 e. The molecule has 1 unspecified atom stereocenters. The Bertz CT molecular complexity index is 702. The summed E-state index contributed by atoms with van der Waals surface area (Å²) in [6.07, 6.45) is 1.64. The van der Waals surface area contributed by atoms with E-state index in [0.717, 1.165) is 24.3 Å². The summed E-state index contributed by atoms with van der Waals surface area (Å²) >= 11 is 0. The summed E-state index contributed by atoms with van der Waals surface area (Å²) in [5.74, 6) is 2.53. The molecule has 0 bridgehead atoms. The maximum absolute atomic E-state index is 11.6. The van der Waals surface area contributed by atoms with Gasteiger partial charge in [-0.05, 0) is 31.7 Å². The molecule has 0 saturated carbocycles. The molecule has 26 heavy (non-hydrogen) atoms. The van der Waals surface area contributed by atoms with Crippen molar-refractivity contribution < 1.29 is 13.2 Å². The van der Waals surface area contributed by atoms with Crippen LogP contribution in [0.15, 0.2) is 29.3 Å². The van der Waals surface area contributed by atoms with Crippen LogP contribution in [0.25, 0.3) is 0 Å². The minimum absolute atomic E-state index is 0.0738. The summed E-state index contributed by atoms with van der Waals surface area (Å²) in [5, 5.41) is 6.43. The number of ether oxygens (including phenoxy) is 1. The van der Waals surface area contributed by atoms with E-state index in [9.17, 15) is 8.42 Å². The quantitative estimate of drug-likeness (QED) is 0.534. The second-order valence-corrected chi connectivity index (χ2v) is 9.31. The fourth-order valence-corrected chi connectivity index (χ4v) is 4.44. The first-order valence-electron chi connectivity index (χ1n) is 9.35. The molecule has 6 nitrogen and oxygen atoms in total. The Balaban J connectivity index is 2.00. The highest BCUT2D eigenvalue weighted by molar-refractivity contribution is 7.91. The van der Waals surface area contributed by atoms with Crippen LogP contribution in [0.3, 0.4) is 0 Å². The number of guanidine groups is 1. The van der Waals surface area contributed by atoms with Gasteiger partial charge in [0.25, 0.3) is 0 Å². The highest BCUT2D eigenvalue weighted by atomic mass is 32.2. The van der Waals surface area contributed by atoms with Gasteiger partial charge in [0, 0.05) is 18.2 Å². The van der Waals surface area contributed by atoms with Crippen molar-refractivity contribution in [1.29, 1.82) is 0 Å². The highest BCUT2D eigenvalue weighted by Gasteiger charge is 2.28. The predicted molar refractivity (Wildman–Crippen MR) is 106 cm³/mol. The van der Waals surface area contributed by atoms with Crippen LogP contribution in [0.1, 0.15) is 39.2 Å². The summed E-state index contributed by atoms with van der Waals surface area (Å²) in [6, 6.07) is 7.84. The third kappa shape index (κ3) is 6.86. The lowest BCUT2D eigenvalue weighted by Crippen LogP contribution is -2.44. The van der Waals surface area contributed by atoms with Crippen molar-refractivity contribution in [2.75, 3.05) is 24.7 Å². The Morgan fingerprint density at radius 2 is 2.12 bits per heavy atom. The molecule has 1 aromatic rings. The molecule has 1 aromatic carbocycles. The average molecular weight is 382 g/mol. The second-order valence-electron chi connectivity index (χ2n) is 7.08. The van der Waals surface area contributed by atoms with E-state index in [1.54, 1.807) is 0 Å². The lowest BCUT2D eigenvalue weighted by Gasteiger charge is -2.16. The van der Waals surface area contributed by atoms with Gasteiger partial charge in [-0.25, -0.2) is 13.4 Å². The normalized spacial score (nSPS) is 19.5. The van der Waals surface area contributed by atoms with Gasteiger partial charge >= 0.3 is 0 Å². The Hall–Kier alpha value is -1.76. The van der Waals surface area contributed by atoms with Crippen molar-refractivity contribution >= 4 is 15.8 Å². The lowest BCUT2D eigenvalue weighted by molar-refractivity contribution is 0.287. The molecule has 7 heteroatoms. The van der Waals surface area contributed by atoms with Gasteiger partial charge in [-0.15, -0.1) is 0 Å². The molecule has 0 spiro atoms. The molecule has 1 atom stereocenters. The fourth-order valence-electron chi connectivity index (χ4n) is 2.77. The number of sulfone groups is 1. The molecule has 1 heterocycles. The Morgan fingerprint density at radius 3 is 2.77 bits per heavy atom. The van der Waals surface area contributed by atoms with Gasteiger partial charge in [0.2, 0.25) is 0 Å². The van der Waals surface area contributed by atoms with E-state index in [0.29, 0.717) is 31.4 Å². The molecule has 0 amide bonds. The number of nitrogens with one attached hydrogen (secondary N) is 2. The van der Waals surface area contributed by atoms with E-state index in [1.165, 1.54) is 0 Å². The van der Waals surface area contributed by atoms with Crippen LogP contribution in [-0.4, -0.2) is 45.1 Å². The second kappa shape index (κ2) is 9.80. The number of benzene rings is 1. The van der Waals surface area contributed by atoms with Gasteiger partial charge in [-0.3, -0.25) is 0 Å². The molecular weight excluding hydrogens is 350 g/mol. The van der Waals surface area contributed by atoms with Gasteiger partial charge in [0.1, 0.15) is 5.75 Å². The number of para-hydroxylation sites is 1. The smallest absolute Gasteiger partial charge is 0.191 e. The highest BCUT2D eigenvalue weighted by Crippen LogP contribution is 2.19. The number of hydrogen-bond donors (Lipinski definition) is 2. The summed E-state index contributed by atoms with van der Waals surface area (Å²) < 4.78 is 29.2. The molecule has 2 rings (SSSR count). The van der Waals surface area contributed by atoms with Crippen LogP contribution in [0, 0.1) is 5.92 Å². The van der Waals surface area contributed by atoms with Gasteiger partial charge in [-0.2, -0.15) is 0 Å². The van der Waals surface area contributed by atoms with Crippen LogP contribution >= 0.6 is 0 Å². The fraction of sp³-hybridized carbons (Fsp3) is 0.632. The molecule has 0 radical (unpaired) electrons. The third-order valence-electron chi connectivity index (χ3n) is 4.25. The average Bonchev–Trinajstić information content (AvgIpc) is 2.92. The van der Waals surface area contributed by atoms with Gasteiger partial charge < -0.3 is 15.4 Å². The van der Waals surface area contributed by atoms with E-state index in [1.807, 2.05) is 31.2 Å². The van der Waals surface area contributed by atoms with E-state index >= 15 is 0 Å². The first-order chi connectivity index (χ1) is 12.4. The van der Waals surface area contributed by atoms with E-state index in [4.69, 9.17) is 4.74 Å². The van der Waals surface area contributed by atoms with Gasteiger partial charge in [0.05, 0.1) is 24.7 Å². The molecule has 1 saturated heterocycles. The van der Waals surface area contributed by atoms with Crippen molar-refractivity contribution in [2.24, 2.45) is 10.9 Å². The van der Waals surface area contributed by atoms with Crippen LogP contribution in [0.5, 0.6) is 5.75 Å². The lowest BCUT2D eigenvalue weighted by atomic mass is 10.1. The molecule has 0 aromatic heterocycles. The number of rotatable bonds is 8. The third-order valence-corrected chi connectivity index (χ3v) is 6.02. The standard InChI is InChI=1S/C19H31N3O3S/c1-4-20-19(22-17-10-12-26(23,24)14-17)21-13-16-7-5-6-8-18(16)25-11-9-15(2)3/h5-8,15,17H,4,9-14H2,1-3H3,(H2,20,21,22). The summed E-state index contributed by atoms with van der Waals surface area (Å²) in [6.45, 7) is 8.24. The minimum Gasteiger partial charge on any atom is -0.493 e. The number of nitrogens with zero attached hydrogens (tertiary/aromatic N) is 1. The molecule has 0 aliphatic carbocycles. The SMILES string of the molecule is CCNC(=NCc1ccccc1OCCC(C)C)NC1CCS(=O)(=O)C1. The van der Waals surface area contributed by atoms with Crippen LogP contribution in [-0.2, 0) is 16.4 Å². The maximum Gasteiger partial charge on any atom is 0.191 e. The molecule has 2 N–H and O–H groups in total. The Morgan fingerprint density at radius 1 is 1.35 bits per heavy atom. The zero-order valence-electron chi connectivity index (χ0n) is 16.0. The number of hydrogen-bond acceptors (Lipinski definition) is 4. The van der Waals surface area contributed by atoms with Crippen LogP contribution in [0.4, 0.5) is 0 Å². The monoisotopic (exact) mass is 381 g/mol. The van der Waals surface area contributed by atoms with E-state index in [-0.39, 0.29) is 17.5 Å². The van der Waals surface area contributed by atoms with Crippen molar-refractivity contribution in [3.63, 3.8) is 0 Å². The topological polar surface area (TPSA) is 79.8 Å². The zero-order valence-corrected chi connectivity index (χ0v) is 16.8. The summed E-state index contributed by atoms with van der Waals surface area (Å²) in [4.78, 5) is 4.62. The van der Waals surface area contributed by atoms with Crippen LogP contribution in [0.2, 0.25) is 0 Å². The molecule has 1 aliphatic rings. The first-order valence-corrected chi connectivity index (χ1v) is 11.2. The first kappa shape index (κ1) is 20.6. The number of aliphatic imine (C=N–C) groups is 1. The Labute approximate surface area is 157 Å². The minimum atomic E-state index is -2.91. The zero-order chi connectivity index (χ0) is 19.0. The van der Waals surface area contributed by atoms with Crippen molar-refractivity contribution in [3.05, 3.63) is 29.8 Å². The van der Waals surface area contributed by atoms with Crippen LogP contribution < -0.4 is 15.4 Å². The Kier molecular flexibility index (Phi) is 7.75. The summed E-state index contributed by atoms with van der Waals surface area (Å²) in [5.41, 5.74) is 1.02. The summed E-state index contributed by atoms with van der Waals surface area (Å²) in [7, 11) is -2.91. The predicted octanol–water partition coefficient (Wildman–Crippen LogP) is 2.35.